The molecule has 0 radical (unpaired) electrons. The molecule has 21 heavy (non-hydrogen) atoms. The Balaban J connectivity index is 2.02. The van der Waals surface area contributed by atoms with Gasteiger partial charge in [0.15, 0.2) is 12.4 Å². The number of ether oxygens (including phenoxy) is 2. The average Bonchev–Trinajstić information content (AvgIpc) is 2.45. The van der Waals surface area contributed by atoms with Crippen molar-refractivity contribution in [2.75, 3.05) is 13.7 Å². The number of benzene rings is 2. The smallest absolute Gasteiger partial charge is 0.200 e. The van der Waals surface area contributed by atoms with E-state index in [-0.39, 0.29) is 12.4 Å². The van der Waals surface area contributed by atoms with Gasteiger partial charge < -0.3 is 9.47 Å². The maximum absolute atomic E-state index is 12.2. The van der Waals surface area contributed by atoms with Crippen molar-refractivity contribution >= 4 is 5.78 Å². The van der Waals surface area contributed by atoms with Crippen LogP contribution in [-0.2, 0) is 11.3 Å². The van der Waals surface area contributed by atoms with Crippen LogP contribution in [0.5, 0.6) is 5.75 Å². The Labute approximate surface area is 125 Å². The van der Waals surface area contributed by atoms with Gasteiger partial charge in [-0.3, -0.25) is 4.79 Å². The number of carbonyl (C=O) groups is 1. The van der Waals surface area contributed by atoms with Crippen LogP contribution in [0, 0.1) is 13.8 Å². The molecular formula is C18H20O3. The standard InChI is InChI=1S/C18H20O3/c1-13-7-8-17(14(2)9-13)18(19)12-21-16-6-4-5-15(10-16)11-20-3/h4-10H,11-12H2,1-3H3. The first-order chi connectivity index (χ1) is 10.1. The molecule has 110 valence electrons. The molecule has 0 aliphatic rings. The van der Waals surface area contributed by atoms with E-state index in [2.05, 4.69) is 0 Å². The fourth-order valence-electron chi connectivity index (χ4n) is 2.24. The summed E-state index contributed by atoms with van der Waals surface area (Å²) in [5.41, 5.74) is 3.87. The third-order valence-electron chi connectivity index (χ3n) is 3.26. The minimum absolute atomic E-state index is 0.00959. The number of aryl methyl sites for hydroxylation is 2. The first kappa shape index (κ1) is 15.3. The van der Waals surface area contributed by atoms with E-state index in [1.54, 1.807) is 7.11 Å². The van der Waals surface area contributed by atoms with Gasteiger partial charge in [0.25, 0.3) is 0 Å². The third-order valence-corrected chi connectivity index (χ3v) is 3.26. The van der Waals surface area contributed by atoms with Crippen LogP contribution in [0.3, 0.4) is 0 Å². The highest BCUT2D eigenvalue weighted by molar-refractivity contribution is 5.98. The normalized spacial score (nSPS) is 10.4. The molecule has 0 aromatic heterocycles. The molecule has 0 atom stereocenters. The van der Waals surface area contributed by atoms with Crippen LogP contribution < -0.4 is 4.74 Å². The van der Waals surface area contributed by atoms with E-state index in [1.165, 1.54) is 0 Å². The van der Waals surface area contributed by atoms with Gasteiger partial charge in [-0.15, -0.1) is 0 Å². The molecule has 0 amide bonds. The summed E-state index contributed by atoms with van der Waals surface area (Å²) in [4.78, 5) is 12.2. The van der Waals surface area contributed by atoms with Gasteiger partial charge in [-0.25, -0.2) is 0 Å². The minimum Gasteiger partial charge on any atom is -0.485 e. The summed E-state index contributed by atoms with van der Waals surface area (Å²) in [7, 11) is 1.65. The molecule has 2 rings (SSSR count). The second-order valence-corrected chi connectivity index (χ2v) is 5.11. The number of Topliss-reactive ketones (excluding diaryl/α,β-unsaturated/α-hetero) is 1. The first-order valence-corrected chi connectivity index (χ1v) is 6.91. The molecule has 0 spiro atoms. The zero-order chi connectivity index (χ0) is 15.2. The van der Waals surface area contributed by atoms with Gasteiger partial charge in [-0.2, -0.15) is 0 Å². The number of hydrogen-bond donors (Lipinski definition) is 0. The van der Waals surface area contributed by atoms with Crippen LogP contribution in [0.4, 0.5) is 0 Å². The summed E-state index contributed by atoms with van der Waals surface area (Å²) < 4.78 is 10.7. The van der Waals surface area contributed by atoms with Crippen LogP contribution in [-0.4, -0.2) is 19.5 Å². The van der Waals surface area contributed by atoms with E-state index >= 15 is 0 Å². The predicted octanol–water partition coefficient (Wildman–Crippen LogP) is 3.71. The highest BCUT2D eigenvalue weighted by Crippen LogP contribution is 2.16. The SMILES string of the molecule is COCc1cccc(OCC(=O)c2ccc(C)cc2C)c1. The fourth-order valence-corrected chi connectivity index (χ4v) is 2.24. The molecule has 0 bridgehead atoms. The highest BCUT2D eigenvalue weighted by atomic mass is 16.5. The number of ketones is 1. The van der Waals surface area contributed by atoms with E-state index in [0.29, 0.717) is 17.9 Å². The molecular weight excluding hydrogens is 264 g/mol. The monoisotopic (exact) mass is 284 g/mol. The van der Waals surface area contributed by atoms with Gasteiger partial charge in [0.05, 0.1) is 6.61 Å². The van der Waals surface area contributed by atoms with Crippen molar-refractivity contribution in [1.82, 2.24) is 0 Å². The Morgan fingerprint density at radius 3 is 2.62 bits per heavy atom. The molecule has 0 unspecified atom stereocenters. The van der Waals surface area contributed by atoms with Gasteiger partial charge in [0.2, 0.25) is 0 Å². The molecule has 2 aromatic rings. The predicted molar refractivity (Wildman–Crippen MR) is 82.9 cm³/mol. The molecule has 0 saturated carbocycles. The number of carbonyl (C=O) groups excluding carboxylic acids is 1. The summed E-state index contributed by atoms with van der Waals surface area (Å²) in [6.07, 6.45) is 0. The molecule has 3 heteroatoms. The van der Waals surface area contributed by atoms with Gasteiger partial charge in [0, 0.05) is 12.7 Å². The molecule has 3 nitrogen and oxygen atoms in total. The lowest BCUT2D eigenvalue weighted by molar-refractivity contribution is 0.0920. The maximum atomic E-state index is 12.2. The van der Waals surface area contributed by atoms with E-state index < -0.39 is 0 Å². The molecule has 0 aliphatic heterocycles. The zero-order valence-corrected chi connectivity index (χ0v) is 12.7. The van der Waals surface area contributed by atoms with Crippen LogP contribution >= 0.6 is 0 Å². The van der Waals surface area contributed by atoms with Gasteiger partial charge in [-0.05, 0) is 37.1 Å². The first-order valence-electron chi connectivity index (χ1n) is 6.91. The summed E-state index contributed by atoms with van der Waals surface area (Å²) in [6, 6.07) is 13.4. The molecule has 0 aliphatic carbocycles. The van der Waals surface area contributed by atoms with E-state index in [1.807, 2.05) is 56.3 Å². The lowest BCUT2D eigenvalue weighted by atomic mass is 10.0. The highest BCUT2D eigenvalue weighted by Gasteiger charge is 2.10. The summed E-state index contributed by atoms with van der Waals surface area (Å²) in [6.45, 7) is 4.53. The van der Waals surface area contributed by atoms with Crippen molar-refractivity contribution in [2.24, 2.45) is 0 Å². The van der Waals surface area contributed by atoms with Gasteiger partial charge in [0.1, 0.15) is 5.75 Å². The van der Waals surface area contributed by atoms with E-state index in [4.69, 9.17) is 9.47 Å². The molecule has 0 N–H and O–H groups in total. The molecule has 0 heterocycles. The third kappa shape index (κ3) is 4.17. The van der Waals surface area contributed by atoms with Crippen LogP contribution in [0.2, 0.25) is 0 Å². The topological polar surface area (TPSA) is 35.5 Å². The van der Waals surface area contributed by atoms with Crippen molar-refractivity contribution < 1.29 is 14.3 Å². The number of rotatable bonds is 6. The van der Waals surface area contributed by atoms with E-state index in [0.717, 1.165) is 16.7 Å². The van der Waals surface area contributed by atoms with Crippen molar-refractivity contribution in [3.05, 3.63) is 64.7 Å². The number of methoxy groups -OCH3 is 1. The second-order valence-electron chi connectivity index (χ2n) is 5.11. The Kier molecular flexibility index (Phi) is 5.12. The van der Waals surface area contributed by atoms with Crippen molar-refractivity contribution in [1.29, 1.82) is 0 Å². The van der Waals surface area contributed by atoms with Gasteiger partial charge >= 0.3 is 0 Å². The van der Waals surface area contributed by atoms with Crippen molar-refractivity contribution in [3.63, 3.8) is 0 Å². The Morgan fingerprint density at radius 1 is 1.10 bits per heavy atom. The lowest BCUT2D eigenvalue weighted by Crippen LogP contribution is -2.13. The summed E-state index contributed by atoms with van der Waals surface area (Å²) in [5.74, 6) is 0.673. The summed E-state index contributed by atoms with van der Waals surface area (Å²) >= 11 is 0. The van der Waals surface area contributed by atoms with Crippen LogP contribution in [0.15, 0.2) is 42.5 Å². The van der Waals surface area contributed by atoms with E-state index in [9.17, 15) is 4.79 Å². The Bertz CT molecular complexity index is 632. The second kappa shape index (κ2) is 7.04. The maximum Gasteiger partial charge on any atom is 0.200 e. The largest absolute Gasteiger partial charge is 0.485 e. The quantitative estimate of drug-likeness (QED) is 0.759. The Morgan fingerprint density at radius 2 is 1.90 bits per heavy atom. The molecule has 0 fully saturated rings. The van der Waals surface area contributed by atoms with Crippen LogP contribution in [0.1, 0.15) is 27.0 Å². The van der Waals surface area contributed by atoms with Gasteiger partial charge in [-0.1, -0.05) is 35.9 Å². The van der Waals surface area contributed by atoms with Crippen molar-refractivity contribution in [3.8, 4) is 5.75 Å². The average molecular weight is 284 g/mol. The summed E-state index contributed by atoms with van der Waals surface area (Å²) in [5, 5.41) is 0. The molecule has 0 saturated heterocycles. The lowest BCUT2D eigenvalue weighted by Gasteiger charge is -2.09. The molecule has 2 aromatic carbocycles. The fraction of sp³-hybridized carbons (Fsp3) is 0.278. The zero-order valence-electron chi connectivity index (χ0n) is 12.7. The van der Waals surface area contributed by atoms with Crippen molar-refractivity contribution in [2.45, 2.75) is 20.5 Å². The van der Waals surface area contributed by atoms with Crippen LogP contribution in [0.25, 0.3) is 0 Å². The number of hydrogen-bond acceptors (Lipinski definition) is 3. The minimum atomic E-state index is -0.00959. The Hall–Kier alpha value is -2.13.